The molecule has 16 unspecified atom stereocenters. The van der Waals surface area contributed by atoms with Gasteiger partial charge in [-0.2, -0.15) is 0 Å². The number of carbonyl (C=O) groups excluding carboxylic acids is 9. The van der Waals surface area contributed by atoms with Gasteiger partial charge in [-0.05, 0) is 104 Å². The van der Waals surface area contributed by atoms with E-state index in [2.05, 4.69) is 37.2 Å². The third kappa shape index (κ3) is 42.6. The second kappa shape index (κ2) is 59.4. The summed E-state index contributed by atoms with van der Waals surface area (Å²) in [7, 11) is 0. The zero-order valence-electron chi connectivity index (χ0n) is 70.7. The molecule has 0 aliphatic carbocycles. The van der Waals surface area contributed by atoms with Crippen molar-refractivity contribution in [2.45, 2.75) is 324 Å². The Kier molecular flexibility index (Phi) is 52.9. The van der Waals surface area contributed by atoms with Crippen molar-refractivity contribution in [3.63, 3.8) is 0 Å². The molecule has 4 aliphatic rings. The van der Waals surface area contributed by atoms with Gasteiger partial charge in [-0.15, -0.1) is 0 Å². The van der Waals surface area contributed by atoms with Crippen LogP contribution in [0.5, 0.6) is 0 Å². The Hall–Kier alpha value is -5.37. The van der Waals surface area contributed by atoms with E-state index in [-0.39, 0.29) is 189 Å². The number of aliphatic hydroxyl groups excluding tert-OH is 10. The van der Waals surface area contributed by atoms with Gasteiger partial charge >= 0.3 is 0 Å². The number of Topliss-reactive ketones (excluding diaryl/α,β-unsaturated/α-hetero) is 1. The average Bonchev–Trinajstić information content (AvgIpc) is 1.09. The van der Waals surface area contributed by atoms with Gasteiger partial charge in [-0.1, -0.05) is 52.4 Å². The van der Waals surface area contributed by atoms with Crippen LogP contribution in [-0.2, 0) is 90.5 Å². The van der Waals surface area contributed by atoms with E-state index < -0.39 is 129 Å². The smallest absolute Gasteiger partial charge is 0.222 e. The molecule has 0 radical (unpaired) electrons. The topological polar surface area (TPSA) is 536 Å². The van der Waals surface area contributed by atoms with E-state index in [0.717, 1.165) is 44.9 Å². The normalized spacial score (nSPS) is 25.8. The van der Waals surface area contributed by atoms with Crippen LogP contribution in [-0.4, -0.2) is 337 Å². The van der Waals surface area contributed by atoms with Crippen molar-refractivity contribution in [2.75, 3.05) is 125 Å². The minimum Gasteiger partial charge on any atom is -0.394 e. The fourth-order valence-corrected chi connectivity index (χ4v) is 13.9. The van der Waals surface area contributed by atoms with Crippen molar-refractivity contribution < 1.29 is 142 Å². The predicted octanol–water partition coefficient (Wildman–Crippen LogP) is -0.505. The monoisotopic (exact) mass is 1700 g/mol. The number of hydrogen-bond donors (Lipinski definition) is 17. The van der Waals surface area contributed by atoms with E-state index in [9.17, 15) is 94.2 Å². The Balaban J connectivity index is 1.29. The Morgan fingerprint density at radius 3 is 1.20 bits per heavy atom. The number of β-amino-alcohol motifs (C(OH)–C–C–N with tert-alkyl or cyclic N) is 1. The molecule has 4 saturated heterocycles. The summed E-state index contributed by atoms with van der Waals surface area (Å²) in [5.41, 5.74) is -1.74. The van der Waals surface area contributed by atoms with Crippen LogP contribution in [0.4, 0.5) is 0 Å². The van der Waals surface area contributed by atoms with Crippen molar-refractivity contribution in [2.24, 2.45) is 11.8 Å². The molecular formula is C81H146N8O29. The summed E-state index contributed by atoms with van der Waals surface area (Å²) in [4.78, 5) is 118. The number of rotatable bonds is 64. The number of carbonyl (C=O) groups is 9. The van der Waals surface area contributed by atoms with E-state index in [0.29, 0.717) is 110 Å². The van der Waals surface area contributed by atoms with Crippen molar-refractivity contribution in [3.8, 4) is 0 Å². The van der Waals surface area contributed by atoms with Gasteiger partial charge in [-0.25, -0.2) is 0 Å². The number of aliphatic hydroxyl groups is 10. The first-order valence-corrected chi connectivity index (χ1v) is 42.9. The van der Waals surface area contributed by atoms with Gasteiger partial charge < -0.3 is 141 Å². The van der Waals surface area contributed by atoms with Gasteiger partial charge in [-0.3, -0.25) is 43.2 Å². The predicted molar refractivity (Wildman–Crippen MR) is 427 cm³/mol. The summed E-state index contributed by atoms with van der Waals surface area (Å²) < 4.78 is 58.4. The number of likely N-dealkylation sites (tertiary alicyclic amines) is 1. The molecule has 8 amide bonds. The van der Waals surface area contributed by atoms with Crippen LogP contribution in [0, 0.1) is 11.8 Å². The molecule has 684 valence electrons. The highest BCUT2D eigenvalue weighted by Crippen LogP contribution is 2.30. The Morgan fingerprint density at radius 1 is 0.407 bits per heavy atom. The summed E-state index contributed by atoms with van der Waals surface area (Å²) in [5.74, 6) is -3.25. The molecule has 4 heterocycles. The molecule has 37 heteroatoms. The van der Waals surface area contributed by atoms with Gasteiger partial charge in [0.25, 0.3) is 0 Å². The third-order valence-electron chi connectivity index (χ3n) is 21.0. The number of unbranched alkanes of at least 4 members (excludes halogenated alkanes) is 11. The van der Waals surface area contributed by atoms with Crippen LogP contribution < -0.4 is 37.2 Å². The SMILES string of the molecule is CC(=O)NC1C(OCCCCC(=O)NCCCNC(=O)CCOCC(COCCC(=O)CCCCNC(=O)CCCCOC2OC(CO)C(O)C(O)C2C)(COCCC(=O)NCCCNC(=O)CCCCOC2OC(CO)C(O)C(O)C2C)NC(=O)CCCCCCCCCCC(=O)N2C[C@H](O)C[C@H]2COC(C)(C)C)OC(CO)C(O)C1O. The second-order valence-corrected chi connectivity index (χ2v) is 32.6. The molecule has 4 aliphatic heterocycles. The van der Waals surface area contributed by atoms with Crippen molar-refractivity contribution in [1.29, 1.82) is 0 Å². The van der Waals surface area contributed by atoms with Gasteiger partial charge in [0.1, 0.15) is 60.1 Å². The van der Waals surface area contributed by atoms with E-state index in [1.54, 1.807) is 18.7 Å². The summed E-state index contributed by atoms with van der Waals surface area (Å²) in [6.45, 7) is 10.7. The first-order chi connectivity index (χ1) is 56.4. The molecule has 0 aromatic carbocycles. The largest absolute Gasteiger partial charge is 0.394 e. The van der Waals surface area contributed by atoms with E-state index >= 15 is 0 Å². The molecule has 0 spiro atoms. The van der Waals surface area contributed by atoms with Crippen molar-refractivity contribution >= 4 is 53.0 Å². The average molecular weight is 1700 g/mol. The fraction of sp³-hybridized carbons (Fsp3) is 0.889. The molecular weight excluding hydrogens is 1550 g/mol. The number of nitrogens with zero attached hydrogens (tertiary/aromatic N) is 1. The molecule has 0 aromatic rings. The number of ether oxygens (including phenoxy) is 10. The maximum atomic E-state index is 14.1. The zero-order valence-corrected chi connectivity index (χ0v) is 70.7. The molecule has 0 saturated carbocycles. The van der Waals surface area contributed by atoms with Crippen LogP contribution in [0.1, 0.15) is 221 Å². The number of hydrogen-bond acceptors (Lipinski definition) is 29. The second-order valence-electron chi connectivity index (χ2n) is 32.6. The highest BCUT2D eigenvalue weighted by Gasteiger charge is 2.47. The van der Waals surface area contributed by atoms with E-state index in [1.165, 1.54) is 6.92 Å². The van der Waals surface area contributed by atoms with Crippen LogP contribution in [0.2, 0.25) is 0 Å². The summed E-state index contributed by atoms with van der Waals surface area (Å²) in [6, 6.07) is -1.24. The Bertz CT molecular complexity index is 2760. The van der Waals surface area contributed by atoms with Crippen molar-refractivity contribution in [3.05, 3.63) is 0 Å². The Labute approximate surface area is 695 Å². The molecule has 18 atom stereocenters. The molecule has 37 nitrogen and oxygen atoms in total. The standard InChI is InChI=1S/C81H146N8O29/c1-54-71(103)73(105)60(47-90)116-77(54)112-39-20-16-26-63(96)82-34-19-15-25-58(94)31-42-109-51-81(88-68(101)29-13-11-9-7-8-10-12-14-30-69(102)89-46-59(95)45-57(89)50-115-80(4,5)6,52-110-43-32-66(99)85-37-23-35-83-64(97)27-17-21-40-113-78-55(2)72(104)74(106)61(48-91)117-78)53-111-44-33-67(100)86-38-24-36-84-65(98)28-18-22-41-114-79-70(87-56(3)93)76(108)75(107)62(49-92)118-79/h54-55,57,59-62,70-79,90-92,95,103-108H,7-53H2,1-6H3,(H,82,96)(H,83,97)(H,84,98)(H,85,99)(H,86,100)(H,87,93)(H,88,101)/t54?,55?,57-,59+,60?,61?,62?,70?,71?,72?,73?,74?,75?,76?,77?,78?,79?,81?/m0/s1. The molecule has 4 rings (SSSR count). The lowest BCUT2D eigenvalue weighted by atomic mass is 9.92. The summed E-state index contributed by atoms with van der Waals surface area (Å²) in [6.07, 6.45) is -1.08. The van der Waals surface area contributed by atoms with Crippen molar-refractivity contribution in [1.82, 2.24) is 42.1 Å². The van der Waals surface area contributed by atoms with Gasteiger partial charge in [0.15, 0.2) is 18.9 Å². The van der Waals surface area contributed by atoms with Crippen LogP contribution in [0.15, 0.2) is 0 Å². The van der Waals surface area contributed by atoms with Crippen LogP contribution >= 0.6 is 0 Å². The van der Waals surface area contributed by atoms with E-state index in [4.69, 9.17) is 47.4 Å². The number of amides is 8. The first-order valence-electron chi connectivity index (χ1n) is 42.9. The summed E-state index contributed by atoms with van der Waals surface area (Å²) in [5, 5.41) is 120. The summed E-state index contributed by atoms with van der Waals surface area (Å²) >= 11 is 0. The molecule has 0 bridgehead atoms. The number of nitrogens with one attached hydrogen (secondary N) is 7. The minimum atomic E-state index is -1.46. The van der Waals surface area contributed by atoms with Gasteiger partial charge in [0.05, 0.1) is 96.0 Å². The van der Waals surface area contributed by atoms with Gasteiger partial charge in [0, 0.05) is 136 Å². The minimum absolute atomic E-state index is 0.0236. The third-order valence-corrected chi connectivity index (χ3v) is 21.0. The van der Waals surface area contributed by atoms with Crippen LogP contribution in [0.3, 0.4) is 0 Å². The lowest BCUT2D eigenvalue weighted by Crippen LogP contribution is -2.64. The Morgan fingerprint density at radius 2 is 0.771 bits per heavy atom. The molecule has 0 aromatic heterocycles. The zero-order chi connectivity index (χ0) is 86.8. The molecule has 118 heavy (non-hydrogen) atoms. The fourth-order valence-electron chi connectivity index (χ4n) is 13.9. The van der Waals surface area contributed by atoms with Crippen LogP contribution in [0.25, 0.3) is 0 Å². The lowest BCUT2D eigenvalue weighted by molar-refractivity contribution is -0.282. The maximum absolute atomic E-state index is 14.1. The maximum Gasteiger partial charge on any atom is 0.222 e. The molecule has 17 N–H and O–H groups in total. The van der Waals surface area contributed by atoms with E-state index in [1.807, 2.05) is 20.8 Å². The molecule has 4 fully saturated rings. The number of ketones is 1. The lowest BCUT2D eigenvalue weighted by Gasteiger charge is -2.42. The quantitative estimate of drug-likeness (QED) is 0.0341. The first kappa shape index (κ1) is 105. The highest BCUT2D eigenvalue weighted by atomic mass is 16.7. The highest BCUT2D eigenvalue weighted by molar-refractivity contribution is 5.80. The van der Waals surface area contributed by atoms with Gasteiger partial charge in [0.2, 0.25) is 47.3 Å².